The van der Waals surface area contributed by atoms with Gasteiger partial charge in [-0.05, 0) is 27.2 Å². The van der Waals surface area contributed by atoms with Crippen LogP contribution in [0.1, 0.15) is 39.0 Å². The maximum Gasteiger partial charge on any atom is 0.216 e. The summed E-state index contributed by atoms with van der Waals surface area (Å²) < 4.78 is 9.18. The number of rotatable bonds is 5. The van der Waals surface area contributed by atoms with Crippen LogP contribution in [-0.2, 0) is 25.6 Å². The molecule has 0 atom stereocenters. The van der Waals surface area contributed by atoms with Gasteiger partial charge in [0.25, 0.3) is 0 Å². The fourth-order valence-corrected chi connectivity index (χ4v) is 2.97. The van der Waals surface area contributed by atoms with Gasteiger partial charge in [0, 0.05) is 13.6 Å². The number of nitrogens with zero attached hydrogens (tertiary/aromatic N) is 6. The number of fused-ring (bicyclic) bond motifs is 1. The molecule has 0 bridgehead atoms. The third-order valence-electron chi connectivity index (χ3n) is 4.13. The highest BCUT2D eigenvalue weighted by Crippen LogP contribution is 2.26. The monoisotopic (exact) mass is 343 g/mol. The zero-order valence-corrected chi connectivity index (χ0v) is 15.7. The molecular weight excluding hydrogens is 318 g/mol. The largest absolute Gasteiger partial charge is 0.481 e. The minimum absolute atomic E-state index is 0.144. The Hall–Kier alpha value is -2.64. The molecule has 8 nitrogen and oxygen atoms in total. The molecule has 0 aliphatic rings. The van der Waals surface area contributed by atoms with Crippen molar-refractivity contribution in [3.05, 3.63) is 23.8 Å². The van der Waals surface area contributed by atoms with Gasteiger partial charge in [-0.2, -0.15) is 10.2 Å². The number of aryl methyl sites for hydroxylation is 2. The molecule has 3 heterocycles. The normalized spacial score (nSPS) is 11.9. The minimum Gasteiger partial charge on any atom is -0.481 e. The van der Waals surface area contributed by atoms with Crippen LogP contribution in [0.5, 0.6) is 5.88 Å². The van der Waals surface area contributed by atoms with Crippen molar-refractivity contribution in [1.82, 2.24) is 29.5 Å². The first kappa shape index (κ1) is 17.2. The van der Waals surface area contributed by atoms with Crippen LogP contribution in [0.25, 0.3) is 11.0 Å². The fourth-order valence-electron chi connectivity index (χ4n) is 2.97. The highest BCUT2D eigenvalue weighted by molar-refractivity contribution is 5.86. The van der Waals surface area contributed by atoms with Gasteiger partial charge < -0.3 is 10.1 Å². The van der Waals surface area contributed by atoms with Gasteiger partial charge in [-0.15, -0.1) is 0 Å². The van der Waals surface area contributed by atoms with Crippen molar-refractivity contribution in [1.29, 1.82) is 0 Å². The average molecular weight is 343 g/mol. The maximum atomic E-state index is 5.49. The molecule has 0 saturated heterocycles. The molecule has 3 aromatic rings. The number of anilines is 1. The van der Waals surface area contributed by atoms with Gasteiger partial charge in [0.2, 0.25) is 5.88 Å². The second-order valence-electron chi connectivity index (χ2n) is 6.95. The van der Waals surface area contributed by atoms with Gasteiger partial charge in [0.05, 0.1) is 35.5 Å². The van der Waals surface area contributed by atoms with Crippen LogP contribution in [0.3, 0.4) is 0 Å². The Kier molecular flexibility index (Phi) is 4.36. The van der Waals surface area contributed by atoms with E-state index in [0.29, 0.717) is 6.54 Å². The van der Waals surface area contributed by atoms with Crippen molar-refractivity contribution in [2.45, 2.75) is 46.2 Å². The molecule has 25 heavy (non-hydrogen) atoms. The SMILES string of the molecule is CCc1nn(C)c(OC)c1CNc1ncnc2c1cnn2C(C)(C)C. The Morgan fingerprint density at radius 1 is 1.24 bits per heavy atom. The lowest BCUT2D eigenvalue weighted by molar-refractivity contribution is 0.366. The number of aromatic nitrogens is 6. The third kappa shape index (κ3) is 3.04. The zero-order valence-electron chi connectivity index (χ0n) is 15.7. The lowest BCUT2D eigenvalue weighted by atomic mass is 10.1. The summed E-state index contributed by atoms with van der Waals surface area (Å²) in [4.78, 5) is 8.79. The molecule has 0 saturated carbocycles. The van der Waals surface area contributed by atoms with E-state index in [4.69, 9.17) is 4.74 Å². The second kappa shape index (κ2) is 6.34. The second-order valence-corrected chi connectivity index (χ2v) is 6.95. The lowest BCUT2D eigenvalue weighted by Crippen LogP contribution is -2.23. The van der Waals surface area contributed by atoms with E-state index >= 15 is 0 Å². The van der Waals surface area contributed by atoms with E-state index in [1.54, 1.807) is 18.1 Å². The van der Waals surface area contributed by atoms with Crippen molar-refractivity contribution in [2.24, 2.45) is 7.05 Å². The third-order valence-corrected chi connectivity index (χ3v) is 4.13. The molecule has 0 radical (unpaired) electrons. The van der Waals surface area contributed by atoms with Crippen LogP contribution in [0, 0.1) is 0 Å². The van der Waals surface area contributed by atoms with E-state index < -0.39 is 0 Å². The molecule has 8 heteroatoms. The van der Waals surface area contributed by atoms with E-state index in [1.807, 2.05) is 17.9 Å². The number of hydrogen-bond donors (Lipinski definition) is 1. The van der Waals surface area contributed by atoms with Gasteiger partial charge in [0.15, 0.2) is 5.65 Å². The summed E-state index contributed by atoms with van der Waals surface area (Å²) in [7, 11) is 3.55. The maximum absolute atomic E-state index is 5.49. The summed E-state index contributed by atoms with van der Waals surface area (Å²) in [6.45, 7) is 8.96. The molecule has 0 amide bonds. The van der Waals surface area contributed by atoms with Crippen molar-refractivity contribution >= 4 is 16.9 Å². The standard InChI is InChI=1S/C17H25N7O/c1-7-13-11(16(25-6)23(5)22-13)8-18-14-12-9-21-24(17(2,3)4)15(12)20-10-19-14/h9-10H,7-8H2,1-6H3,(H,18,19,20). The van der Waals surface area contributed by atoms with Gasteiger partial charge in [-0.1, -0.05) is 6.92 Å². The predicted octanol–water partition coefficient (Wildman–Crippen LogP) is 2.50. The molecule has 0 spiro atoms. The molecular formula is C17H25N7O. The Balaban J connectivity index is 1.94. The zero-order chi connectivity index (χ0) is 18.2. The summed E-state index contributed by atoms with van der Waals surface area (Å²) in [5.74, 6) is 1.52. The summed E-state index contributed by atoms with van der Waals surface area (Å²) in [6, 6.07) is 0. The van der Waals surface area contributed by atoms with Crippen LogP contribution >= 0.6 is 0 Å². The van der Waals surface area contributed by atoms with Gasteiger partial charge in [-0.3, -0.25) is 0 Å². The summed E-state index contributed by atoms with van der Waals surface area (Å²) in [5.41, 5.74) is 2.74. The lowest BCUT2D eigenvalue weighted by Gasteiger charge is -2.19. The number of methoxy groups -OCH3 is 1. The van der Waals surface area contributed by atoms with E-state index in [2.05, 4.69) is 53.2 Å². The smallest absolute Gasteiger partial charge is 0.216 e. The Morgan fingerprint density at radius 2 is 2.00 bits per heavy atom. The number of ether oxygens (including phenoxy) is 1. The molecule has 0 fully saturated rings. The molecule has 3 rings (SSSR count). The predicted molar refractivity (Wildman–Crippen MR) is 96.8 cm³/mol. The quantitative estimate of drug-likeness (QED) is 0.766. The Bertz CT molecular complexity index is 888. The first-order chi connectivity index (χ1) is 11.9. The van der Waals surface area contributed by atoms with Gasteiger partial charge in [-0.25, -0.2) is 19.3 Å². The molecule has 0 aromatic carbocycles. The van der Waals surface area contributed by atoms with Crippen molar-refractivity contribution in [3.8, 4) is 5.88 Å². The van der Waals surface area contributed by atoms with Crippen LogP contribution in [0.4, 0.5) is 5.82 Å². The highest BCUT2D eigenvalue weighted by Gasteiger charge is 2.20. The van der Waals surface area contributed by atoms with E-state index in [0.717, 1.165) is 40.4 Å². The molecule has 0 unspecified atom stereocenters. The summed E-state index contributed by atoms with van der Waals surface area (Å²) in [5, 5.41) is 13.3. The summed E-state index contributed by atoms with van der Waals surface area (Å²) >= 11 is 0. The van der Waals surface area contributed by atoms with Crippen molar-refractivity contribution in [3.63, 3.8) is 0 Å². The molecule has 3 aromatic heterocycles. The van der Waals surface area contributed by atoms with Crippen LogP contribution < -0.4 is 10.1 Å². The van der Waals surface area contributed by atoms with Crippen molar-refractivity contribution in [2.75, 3.05) is 12.4 Å². The van der Waals surface area contributed by atoms with Crippen LogP contribution in [0.15, 0.2) is 12.5 Å². The van der Waals surface area contributed by atoms with Crippen molar-refractivity contribution < 1.29 is 4.74 Å². The molecule has 1 N–H and O–H groups in total. The first-order valence-corrected chi connectivity index (χ1v) is 8.38. The molecule has 134 valence electrons. The Morgan fingerprint density at radius 3 is 2.64 bits per heavy atom. The minimum atomic E-state index is -0.144. The average Bonchev–Trinajstić information content (AvgIpc) is 3.13. The van der Waals surface area contributed by atoms with E-state index in [-0.39, 0.29) is 5.54 Å². The topological polar surface area (TPSA) is 82.7 Å². The van der Waals surface area contributed by atoms with Gasteiger partial charge >= 0.3 is 0 Å². The molecule has 0 aliphatic carbocycles. The first-order valence-electron chi connectivity index (χ1n) is 8.38. The molecule has 0 aliphatic heterocycles. The summed E-state index contributed by atoms with van der Waals surface area (Å²) in [6.07, 6.45) is 4.22. The number of hydrogen-bond acceptors (Lipinski definition) is 6. The highest BCUT2D eigenvalue weighted by atomic mass is 16.5. The Labute approximate surface area is 147 Å². The fraction of sp³-hybridized carbons (Fsp3) is 0.529. The van der Waals surface area contributed by atoms with E-state index in [9.17, 15) is 0 Å². The van der Waals surface area contributed by atoms with Crippen LogP contribution in [-0.4, -0.2) is 36.6 Å². The van der Waals surface area contributed by atoms with Gasteiger partial charge in [0.1, 0.15) is 12.1 Å². The van der Waals surface area contributed by atoms with Crippen LogP contribution in [0.2, 0.25) is 0 Å². The van der Waals surface area contributed by atoms with E-state index in [1.165, 1.54) is 0 Å². The number of nitrogens with one attached hydrogen (secondary N) is 1.